The van der Waals surface area contributed by atoms with Gasteiger partial charge in [-0.3, -0.25) is 0 Å². The van der Waals surface area contributed by atoms with Crippen molar-refractivity contribution in [2.24, 2.45) is 4.99 Å². The van der Waals surface area contributed by atoms with Gasteiger partial charge in [0.2, 0.25) is 0 Å². The van der Waals surface area contributed by atoms with E-state index in [1.165, 1.54) is 19.5 Å². The molecule has 6 nitrogen and oxygen atoms in total. The van der Waals surface area contributed by atoms with Crippen molar-refractivity contribution < 1.29 is 18.3 Å². The number of hydrogen-bond donors (Lipinski definition) is 0. The van der Waals surface area contributed by atoms with Crippen LogP contribution in [0.1, 0.15) is 12.0 Å². The summed E-state index contributed by atoms with van der Waals surface area (Å²) in [5, 5.41) is 9.48. The Morgan fingerprint density at radius 3 is 2.72 bits per heavy atom. The van der Waals surface area contributed by atoms with Crippen molar-refractivity contribution in [2.45, 2.75) is 18.4 Å². The van der Waals surface area contributed by atoms with Crippen LogP contribution in [0.4, 0.5) is 14.5 Å². The second kappa shape index (κ2) is 7.66. The number of likely N-dealkylation sites (tertiary alicyclic amines) is 1. The Morgan fingerprint density at radius 1 is 1.44 bits per heavy atom. The smallest absolute Gasteiger partial charge is 0.296 e. The van der Waals surface area contributed by atoms with Crippen molar-refractivity contribution in [3.63, 3.8) is 0 Å². The number of rotatable bonds is 5. The predicted octanol–water partition coefficient (Wildman–Crippen LogP) is 2.51. The van der Waals surface area contributed by atoms with E-state index < -0.39 is 12.0 Å². The molecule has 1 aromatic rings. The van der Waals surface area contributed by atoms with E-state index in [0.717, 1.165) is 0 Å². The molecule has 1 aromatic carbocycles. The first kappa shape index (κ1) is 18.9. The highest BCUT2D eigenvalue weighted by atomic mass is 19.3. The van der Waals surface area contributed by atoms with Gasteiger partial charge in [-0.15, -0.1) is 0 Å². The minimum absolute atomic E-state index is 0.0574. The van der Waals surface area contributed by atoms with Gasteiger partial charge in [-0.1, -0.05) is 0 Å². The Kier molecular flexibility index (Phi) is 5.80. The largest absolute Gasteiger partial charge is 0.497 e. The quantitative estimate of drug-likeness (QED) is 0.602. The predicted molar refractivity (Wildman–Crippen MR) is 91.0 cm³/mol. The molecule has 25 heavy (non-hydrogen) atoms. The third-order valence-electron chi connectivity index (χ3n) is 3.82. The van der Waals surface area contributed by atoms with Gasteiger partial charge in [-0.2, -0.15) is 5.26 Å². The zero-order chi connectivity index (χ0) is 18.6. The van der Waals surface area contributed by atoms with Crippen LogP contribution in [0.3, 0.4) is 0 Å². The van der Waals surface area contributed by atoms with E-state index in [4.69, 9.17) is 9.47 Å². The Morgan fingerprint density at radius 2 is 2.16 bits per heavy atom. The molecule has 1 fully saturated rings. The van der Waals surface area contributed by atoms with Crippen molar-refractivity contribution >= 4 is 12.0 Å². The number of nitriles is 1. The van der Waals surface area contributed by atoms with E-state index in [-0.39, 0.29) is 24.3 Å². The zero-order valence-electron chi connectivity index (χ0n) is 14.8. The second-order valence-corrected chi connectivity index (χ2v) is 6.23. The highest BCUT2D eigenvalue weighted by Crippen LogP contribution is 2.37. The Labute approximate surface area is 146 Å². The molecule has 0 N–H and O–H groups in total. The van der Waals surface area contributed by atoms with Crippen LogP contribution < -0.4 is 9.47 Å². The van der Waals surface area contributed by atoms with Crippen molar-refractivity contribution in [2.75, 3.05) is 41.3 Å². The Hall–Kier alpha value is -2.40. The molecule has 0 spiro atoms. The maximum absolute atomic E-state index is 14.3. The molecule has 1 aliphatic rings. The Balaban J connectivity index is 2.39. The molecular weight excluding hydrogens is 330 g/mol. The maximum atomic E-state index is 14.3. The van der Waals surface area contributed by atoms with Crippen LogP contribution in [0.5, 0.6) is 11.5 Å². The third-order valence-corrected chi connectivity index (χ3v) is 3.82. The lowest BCUT2D eigenvalue weighted by Gasteiger charge is -2.36. The number of benzene rings is 1. The van der Waals surface area contributed by atoms with Gasteiger partial charge < -0.3 is 19.3 Å². The van der Waals surface area contributed by atoms with Gasteiger partial charge in [-0.25, -0.2) is 13.8 Å². The molecule has 136 valence electrons. The number of piperidine rings is 1. The fourth-order valence-electron chi connectivity index (χ4n) is 2.57. The summed E-state index contributed by atoms with van der Waals surface area (Å²) in [4.78, 5) is 7.47. The topological polar surface area (TPSA) is 61.1 Å². The lowest BCUT2D eigenvalue weighted by Crippen LogP contribution is -2.52. The third kappa shape index (κ3) is 4.57. The number of nitrogens with zero attached hydrogens (tertiary/aromatic N) is 4. The molecule has 1 unspecified atom stereocenters. The summed E-state index contributed by atoms with van der Waals surface area (Å²) in [5.41, 5.74) is 0.412. The van der Waals surface area contributed by atoms with Crippen LogP contribution in [-0.2, 0) is 0 Å². The first-order chi connectivity index (χ1) is 11.8. The summed E-state index contributed by atoms with van der Waals surface area (Å²) < 4.78 is 39.3. The van der Waals surface area contributed by atoms with Crippen LogP contribution in [-0.4, -0.2) is 69.5 Å². The van der Waals surface area contributed by atoms with E-state index in [0.29, 0.717) is 18.0 Å². The van der Waals surface area contributed by atoms with Gasteiger partial charge in [0.1, 0.15) is 23.1 Å². The molecule has 1 atom stereocenters. The van der Waals surface area contributed by atoms with Crippen LogP contribution in [0.15, 0.2) is 17.1 Å². The minimum atomic E-state index is -3.00. The summed E-state index contributed by atoms with van der Waals surface area (Å²) in [6.45, 7) is 0.118. The van der Waals surface area contributed by atoms with E-state index >= 15 is 0 Å². The van der Waals surface area contributed by atoms with Gasteiger partial charge in [-0.05, 0) is 7.05 Å². The first-order valence-corrected chi connectivity index (χ1v) is 7.82. The fourth-order valence-corrected chi connectivity index (χ4v) is 2.57. The van der Waals surface area contributed by atoms with Crippen molar-refractivity contribution in [1.29, 1.82) is 5.26 Å². The van der Waals surface area contributed by atoms with E-state index in [1.807, 2.05) is 6.07 Å². The van der Waals surface area contributed by atoms with Gasteiger partial charge >= 0.3 is 0 Å². The average molecular weight is 352 g/mol. The van der Waals surface area contributed by atoms with Crippen LogP contribution in [0.2, 0.25) is 0 Å². The van der Waals surface area contributed by atoms with Crippen molar-refractivity contribution in [1.82, 2.24) is 9.80 Å². The maximum Gasteiger partial charge on any atom is 0.296 e. The molecule has 2 rings (SSSR count). The summed E-state index contributed by atoms with van der Waals surface area (Å²) in [6, 6.07) is 5.01. The summed E-state index contributed by atoms with van der Waals surface area (Å²) in [6.07, 6.45) is 0.388. The summed E-state index contributed by atoms with van der Waals surface area (Å²) in [5.74, 6) is -2.56. The van der Waals surface area contributed by atoms with Crippen LogP contribution >= 0.6 is 0 Å². The molecule has 1 aliphatic heterocycles. The monoisotopic (exact) mass is 352 g/mol. The van der Waals surface area contributed by atoms with Crippen molar-refractivity contribution in [3.8, 4) is 17.6 Å². The second-order valence-electron chi connectivity index (χ2n) is 6.23. The lowest BCUT2D eigenvalue weighted by molar-refractivity contribution is -0.135. The number of hydrogen-bond acceptors (Lipinski definition) is 5. The standard InChI is InChI=1S/C17H22F2N4O2/c1-22(2)11-21-14-7-12(24-4)8-15(13(14)9-20)25-16-5-6-23(3)10-17(16,18)19/h7-8,11,16H,5-6,10H2,1-4H3. The number of alkyl halides is 2. The summed E-state index contributed by atoms with van der Waals surface area (Å²) in [7, 11) is 6.66. The normalized spacial score (nSPS) is 20.3. The molecule has 0 aliphatic carbocycles. The Bertz CT molecular complexity index is 686. The molecule has 0 aromatic heterocycles. The van der Waals surface area contributed by atoms with E-state index in [2.05, 4.69) is 4.99 Å². The molecule has 1 heterocycles. The van der Waals surface area contributed by atoms with Crippen LogP contribution in [0, 0.1) is 11.3 Å². The minimum Gasteiger partial charge on any atom is -0.497 e. The number of halogens is 2. The average Bonchev–Trinajstić information content (AvgIpc) is 2.54. The molecule has 1 saturated heterocycles. The van der Waals surface area contributed by atoms with Gasteiger partial charge in [0, 0.05) is 39.2 Å². The number of aliphatic imine (C=N–C) groups is 1. The summed E-state index contributed by atoms with van der Waals surface area (Å²) >= 11 is 0. The molecule has 0 amide bonds. The number of ether oxygens (including phenoxy) is 2. The molecule has 0 saturated carbocycles. The van der Waals surface area contributed by atoms with E-state index in [1.54, 1.807) is 37.0 Å². The van der Waals surface area contributed by atoms with Gasteiger partial charge in [0.05, 0.1) is 25.7 Å². The molecule has 0 bridgehead atoms. The van der Waals surface area contributed by atoms with Crippen molar-refractivity contribution in [3.05, 3.63) is 17.7 Å². The zero-order valence-corrected chi connectivity index (χ0v) is 14.8. The molecule has 0 radical (unpaired) electrons. The molecular formula is C17H22F2N4O2. The molecule has 8 heteroatoms. The number of methoxy groups -OCH3 is 1. The highest BCUT2D eigenvalue weighted by Gasteiger charge is 2.45. The first-order valence-electron chi connectivity index (χ1n) is 7.82. The fraction of sp³-hybridized carbons (Fsp3) is 0.529. The van der Waals surface area contributed by atoms with Crippen LogP contribution in [0.25, 0.3) is 0 Å². The van der Waals surface area contributed by atoms with Gasteiger partial charge in [0.25, 0.3) is 5.92 Å². The van der Waals surface area contributed by atoms with E-state index in [9.17, 15) is 14.0 Å². The highest BCUT2D eigenvalue weighted by molar-refractivity contribution is 5.70. The lowest BCUT2D eigenvalue weighted by atomic mass is 10.0. The van der Waals surface area contributed by atoms with Gasteiger partial charge in [0.15, 0.2) is 6.10 Å². The SMILES string of the molecule is COc1cc(N=CN(C)C)c(C#N)c(OC2CCN(C)CC2(F)F)c1.